The molecule has 1 aliphatic carbocycles. The number of rotatable bonds is 5. The van der Waals surface area contributed by atoms with Crippen LogP contribution in [0.5, 0.6) is 0 Å². The van der Waals surface area contributed by atoms with E-state index in [-0.39, 0.29) is 18.0 Å². The molecule has 2 N–H and O–H groups in total. The SMILES string of the molecule is C[C@@H](CNC(=O)N[C@H]1CCN(C(=O)C2CCCC2)C1)c1ccsc1. The van der Waals surface area contributed by atoms with Crippen LogP contribution in [0.3, 0.4) is 0 Å². The van der Waals surface area contributed by atoms with Crippen LogP contribution in [-0.2, 0) is 4.79 Å². The minimum absolute atomic E-state index is 0.0757. The Morgan fingerprint density at radius 3 is 2.83 bits per heavy atom. The lowest BCUT2D eigenvalue weighted by Crippen LogP contribution is -2.45. The number of hydrogen-bond donors (Lipinski definition) is 2. The number of carbonyl (C=O) groups excluding carboxylic acids is 2. The number of urea groups is 1. The highest BCUT2D eigenvalue weighted by molar-refractivity contribution is 7.07. The predicted octanol–water partition coefficient (Wildman–Crippen LogP) is 2.94. The van der Waals surface area contributed by atoms with Gasteiger partial charge >= 0.3 is 6.03 Å². The molecule has 3 rings (SSSR count). The number of hydrogen-bond acceptors (Lipinski definition) is 3. The zero-order valence-electron chi connectivity index (χ0n) is 14.3. The Hall–Kier alpha value is -1.56. The summed E-state index contributed by atoms with van der Waals surface area (Å²) in [7, 11) is 0. The molecular weight excluding hydrogens is 322 g/mol. The van der Waals surface area contributed by atoms with Crippen LogP contribution >= 0.6 is 11.3 Å². The van der Waals surface area contributed by atoms with Gasteiger partial charge in [0.1, 0.15) is 0 Å². The lowest BCUT2D eigenvalue weighted by molar-refractivity contribution is -0.134. The summed E-state index contributed by atoms with van der Waals surface area (Å²) in [6, 6.07) is 2.04. The molecular formula is C18H27N3O2S. The molecule has 0 unspecified atom stereocenters. The van der Waals surface area contributed by atoms with Gasteiger partial charge in [0.2, 0.25) is 5.91 Å². The van der Waals surface area contributed by atoms with E-state index >= 15 is 0 Å². The van der Waals surface area contributed by atoms with Crippen LogP contribution in [-0.4, -0.2) is 42.5 Å². The molecule has 132 valence electrons. The van der Waals surface area contributed by atoms with Crippen molar-refractivity contribution in [2.45, 2.75) is 51.0 Å². The second kappa shape index (κ2) is 8.01. The van der Waals surface area contributed by atoms with Crippen LogP contribution in [0.15, 0.2) is 16.8 Å². The van der Waals surface area contributed by atoms with Crippen molar-refractivity contribution < 1.29 is 9.59 Å². The van der Waals surface area contributed by atoms with Crippen molar-refractivity contribution >= 4 is 23.3 Å². The van der Waals surface area contributed by atoms with E-state index in [1.807, 2.05) is 4.90 Å². The quantitative estimate of drug-likeness (QED) is 0.858. The Labute approximate surface area is 147 Å². The summed E-state index contributed by atoms with van der Waals surface area (Å²) < 4.78 is 0. The lowest BCUT2D eigenvalue weighted by atomic mass is 10.1. The highest BCUT2D eigenvalue weighted by Crippen LogP contribution is 2.27. The third-order valence-corrected chi connectivity index (χ3v) is 5.92. The van der Waals surface area contributed by atoms with Gasteiger partial charge in [-0.15, -0.1) is 0 Å². The largest absolute Gasteiger partial charge is 0.340 e. The summed E-state index contributed by atoms with van der Waals surface area (Å²) in [4.78, 5) is 26.4. The molecule has 2 fully saturated rings. The monoisotopic (exact) mass is 349 g/mol. The number of carbonyl (C=O) groups is 2. The first kappa shape index (κ1) is 17.3. The molecule has 1 aromatic rings. The zero-order valence-corrected chi connectivity index (χ0v) is 15.1. The maximum Gasteiger partial charge on any atom is 0.315 e. The molecule has 2 heterocycles. The summed E-state index contributed by atoms with van der Waals surface area (Å²) in [6.45, 7) is 4.16. The van der Waals surface area contributed by atoms with Crippen LogP contribution in [0.25, 0.3) is 0 Å². The van der Waals surface area contributed by atoms with E-state index in [2.05, 4.69) is 34.4 Å². The summed E-state index contributed by atoms with van der Waals surface area (Å²) in [5.74, 6) is 0.832. The second-order valence-corrected chi connectivity index (χ2v) is 7.84. The van der Waals surface area contributed by atoms with Crippen molar-refractivity contribution in [2.75, 3.05) is 19.6 Å². The lowest BCUT2D eigenvalue weighted by Gasteiger charge is -2.21. The molecule has 0 radical (unpaired) electrons. The fraction of sp³-hybridized carbons (Fsp3) is 0.667. The summed E-state index contributed by atoms with van der Waals surface area (Å²) >= 11 is 1.68. The molecule has 1 aliphatic heterocycles. The van der Waals surface area contributed by atoms with Gasteiger partial charge in [0.25, 0.3) is 0 Å². The average Bonchev–Trinajstić information content (AvgIpc) is 3.33. The molecule has 0 spiro atoms. The van der Waals surface area contributed by atoms with Gasteiger partial charge in [-0.3, -0.25) is 4.79 Å². The molecule has 1 saturated carbocycles. The van der Waals surface area contributed by atoms with Crippen molar-refractivity contribution in [3.8, 4) is 0 Å². The first-order valence-corrected chi connectivity index (χ1v) is 9.93. The smallest absolute Gasteiger partial charge is 0.315 e. The summed E-state index contributed by atoms with van der Waals surface area (Å²) in [5, 5.41) is 10.1. The summed E-state index contributed by atoms with van der Waals surface area (Å²) in [5.41, 5.74) is 1.26. The zero-order chi connectivity index (χ0) is 16.9. The highest BCUT2D eigenvalue weighted by atomic mass is 32.1. The van der Waals surface area contributed by atoms with Crippen LogP contribution in [0.2, 0.25) is 0 Å². The Morgan fingerprint density at radius 2 is 2.12 bits per heavy atom. The van der Waals surface area contributed by atoms with E-state index in [0.29, 0.717) is 24.9 Å². The predicted molar refractivity (Wildman–Crippen MR) is 96.2 cm³/mol. The van der Waals surface area contributed by atoms with Gasteiger partial charge < -0.3 is 15.5 Å². The van der Waals surface area contributed by atoms with Crippen LogP contribution in [0.4, 0.5) is 4.79 Å². The molecule has 6 heteroatoms. The minimum Gasteiger partial charge on any atom is -0.340 e. The van der Waals surface area contributed by atoms with Crippen molar-refractivity contribution in [3.63, 3.8) is 0 Å². The van der Waals surface area contributed by atoms with Gasteiger partial charge in [0, 0.05) is 31.6 Å². The van der Waals surface area contributed by atoms with E-state index in [0.717, 1.165) is 25.8 Å². The highest BCUT2D eigenvalue weighted by Gasteiger charge is 2.32. The van der Waals surface area contributed by atoms with Gasteiger partial charge in [-0.25, -0.2) is 4.79 Å². The van der Waals surface area contributed by atoms with Crippen molar-refractivity contribution in [2.24, 2.45) is 5.92 Å². The first-order chi connectivity index (χ1) is 11.6. The Balaban J connectivity index is 1.38. The molecule has 1 saturated heterocycles. The number of nitrogens with one attached hydrogen (secondary N) is 2. The van der Waals surface area contributed by atoms with Crippen molar-refractivity contribution in [1.82, 2.24) is 15.5 Å². The Kier molecular flexibility index (Phi) is 5.76. The average molecular weight is 350 g/mol. The van der Waals surface area contributed by atoms with E-state index in [4.69, 9.17) is 0 Å². The third-order valence-electron chi connectivity index (χ3n) is 5.22. The summed E-state index contributed by atoms with van der Waals surface area (Å²) in [6.07, 6.45) is 5.28. The molecule has 1 aromatic heterocycles. The van der Waals surface area contributed by atoms with E-state index < -0.39 is 0 Å². The van der Waals surface area contributed by atoms with E-state index in [1.165, 1.54) is 18.4 Å². The van der Waals surface area contributed by atoms with E-state index in [9.17, 15) is 9.59 Å². The van der Waals surface area contributed by atoms with Crippen LogP contribution in [0, 0.1) is 5.92 Å². The molecule has 5 nitrogen and oxygen atoms in total. The van der Waals surface area contributed by atoms with Gasteiger partial charge in [-0.2, -0.15) is 11.3 Å². The maximum atomic E-state index is 12.4. The van der Waals surface area contributed by atoms with Crippen molar-refractivity contribution in [1.29, 1.82) is 0 Å². The van der Waals surface area contributed by atoms with Crippen molar-refractivity contribution in [3.05, 3.63) is 22.4 Å². The van der Waals surface area contributed by atoms with E-state index in [1.54, 1.807) is 11.3 Å². The maximum absolute atomic E-state index is 12.4. The third kappa shape index (κ3) is 4.29. The second-order valence-electron chi connectivity index (χ2n) is 7.06. The van der Waals surface area contributed by atoms with Gasteiger partial charge in [-0.1, -0.05) is 19.8 Å². The molecule has 24 heavy (non-hydrogen) atoms. The van der Waals surface area contributed by atoms with Gasteiger partial charge in [0.15, 0.2) is 0 Å². The normalized spacial score (nSPS) is 22.5. The first-order valence-electron chi connectivity index (χ1n) is 8.98. The molecule has 2 aliphatic rings. The molecule has 3 amide bonds. The van der Waals surface area contributed by atoms with Gasteiger partial charge in [0.05, 0.1) is 0 Å². The topological polar surface area (TPSA) is 61.4 Å². The Morgan fingerprint density at radius 1 is 1.33 bits per heavy atom. The fourth-order valence-electron chi connectivity index (χ4n) is 3.66. The number of amides is 3. The van der Waals surface area contributed by atoms with Crippen LogP contribution < -0.4 is 10.6 Å². The molecule has 0 aromatic carbocycles. The van der Waals surface area contributed by atoms with Crippen LogP contribution in [0.1, 0.15) is 50.5 Å². The number of nitrogens with zero attached hydrogens (tertiary/aromatic N) is 1. The minimum atomic E-state index is -0.128. The fourth-order valence-corrected chi connectivity index (χ4v) is 4.45. The number of likely N-dealkylation sites (tertiary alicyclic amines) is 1. The number of thiophene rings is 1. The van der Waals surface area contributed by atoms with Gasteiger partial charge in [-0.05, 0) is 47.6 Å². The standard InChI is InChI=1S/C18H27N3O2S/c1-13(15-7-9-24-12-15)10-19-18(23)20-16-6-8-21(11-16)17(22)14-4-2-3-5-14/h7,9,12-14,16H,2-6,8,10-11H2,1H3,(H2,19,20,23)/t13-,16-/m0/s1. The Bertz CT molecular complexity index is 555. The molecule has 0 bridgehead atoms. The molecule has 2 atom stereocenters.